The van der Waals surface area contributed by atoms with Crippen molar-refractivity contribution in [1.82, 2.24) is 30.0 Å². The van der Waals surface area contributed by atoms with Gasteiger partial charge in [-0.05, 0) is 10.4 Å². The molecule has 0 saturated carbocycles. The molecule has 0 saturated heterocycles. The number of nitrogens with zero attached hydrogens (tertiary/aromatic N) is 6. The van der Waals surface area contributed by atoms with Crippen molar-refractivity contribution in [3.63, 3.8) is 0 Å². The molecule has 0 N–H and O–H groups in total. The van der Waals surface area contributed by atoms with Gasteiger partial charge in [0.25, 0.3) is 0 Å². The number of rotatable bonds is 1. The first-order chi connectivity index (χ1) is 5.36. The predicted octanol–water partition coefficient (Wildman–Crippen LogP) is -0.604. The first-order valence-electron chi connectivity index (χ1n) is 3.09. The van der Waals surface area contributed by atoms with Crippen molar-refractivity contribution in [2.75, 3.05) is 0 Å². The lowest BCUT2D eigenvalue weighted by atomic mass is 10.6. The standard InChI is InChI=1S/C5H6N6/c1-10-3-2-5(7-10)11-4-6-8-9-11/h2-4H,1H3. The Morgan fingerprint density at radius 1 is 1.45 bits per heavy atom. The summed E-state index contributed by atoms with van der Waals surface area (Å²) in [4.78, 5) is 0. The van der Waals surface area contributed by atoms with Gasteiger partial charge in [0.05, 0.1) is 0 Å². The van der Waals surface area contributed by atoms with Crippen LogP contribution in [0.1, 0.15) is 0 Å². The van der Waals surface area contributed by atoms with Gasteiger partial charge in [0.1, 0.15) is 6.33 Å². The summed E-state index contributed by atoms with van der Waals surface area (Å²) in [6, 6.07) is 1.83. The average molecular weight is 150 g/mol. The van der Waals surface area contributed by atoms with Crippen molar-refractivity contribution in [1.29, 1.82) is 0 Å². The fourth-order valence-electron chi connectivity index (χ4n) is 0.791. The summed E-state index contributed by atoms with van der Waals surface area (Å²) in [6.45, 7) is 0. The molecule has 6 nitrogen and oxygen atoms in total. The van der Waals surface area contributed by atoms with Crippen molar-refractivity contribution in [2.45, 2.75) is 0 Å². The molecule has 56 valence electrons. The van der Waals surface area contributed by atoms with Gasteiger partial charge >= 0.3 is 0 Å². The fraction of sp³-hybridized carbons (Fsp3) is 0.200. The number of aryl methyl sites for hydroxylation is 1. The minimum atomic E-state index is 0.720. The van der Waals surface area contributed by atoms with E-state index >= 15 is 0 Å². The van der Waals surface area contributed by atoms with E-state index < -0.39 is 0 Å². The highest BCUT2D eigenvalue weighted by Gasteiger charge is 1.98. The van der Waals surface area contributed by atoms with E-state index in [1.54, 1.807) is 4.68 Å². The minimum Gasteiger partial charge on any atom is -0.274 e. The van der Waals surface area contributed by atoms with Crippen LogP contribution in [-0.2, 0) is 7.05 Å². The molecule has 0 aromatic carbocycles. The molecule has 0 aliphatic rings. The van der Waals surface area contributed by atoms with Crippen molar-refractivity contribution in [3.8, 4) is 5.82 Å². The predicted molar refractivity (Wildman–Crippen MR) is 35.9 cm³/mol. The van der Waals surface area contributed by atoms with Crippen LogP contribution in [0.15, 0.2) is 18.6 Å². The van der Waals surface area contributed by atoms with Gasteiger partial charge in [0, 0.05) is 19.3 Å². The Kier molecular flexibility index (Phi) is 1.18. The van der Waals surface area contributed by atoms with Crippen LogP contribution in [0.3, 0.4) is 0 Å². The van der Waals surface area contributed by atoms with Gasteiger partial charge in [-0.2, -0.15) is 9.78 Å². The van der Waals surface area contributed by atoms with Gasteiger partial charge in [-0.3, -0.25) is 4.68 Å². The summed E-state index contributed by atoms with van der Waals surface area (Å²) >= 11 is 0. The van der Waals surface area contributed by atoms with Crippen molar-refractivity contribution >= 4 is 0 Å². The van der Waals surface area contributed by atoms with E-state index in [2.05, 4.69) is 20.6 Å². The molecular formula is C5H6N6. The van der Waals surface area contributed by atoms with Gasteiger partial charge in [0.2, 0.25) is 0 Å². The third-order valence-corrected chi connectivity index (χ3v) is 1.28. The lowest BCUT2D eigenvalue weighted by Gasteiger charge is -1.88. The highest BCUT2D eigenvalue weighted by Crippen LogP contribution is 1.97. The zero-order valence-corrected chi connectivity index (χ0v) is 5.92. The normalized spacial score (nSPS) is 10.3. The van der Waals surface area contributed by atoms with Gasteiger partial charge in [-0.15, -0.1) is 5.10 Å². The van der Waals surface area contributed by atoms with E-state index in [1.807, 2.05) is 19.3 Å². The maximum atomic E-state index is 4.09. The van der Waals surface area contributed by atoms with Crippen LogP contribution < -0.4 is 0 Å². The molecule has 0 radical (unpaired) electrons. The van der Waals surface area contributed by atoms with Gasteiger partial charge in [-0.1, -0.05) is 0 Å². The minimum absolute atomic E-state index is 0.720. The molecule has 0 bridgehead atoms. The number of hydrogen-bond donors (Lipinski definition) is 0. The Hall–Kier alpha value is -1.72. The van der Waals surface area contributed by atoms with Crippen LogP contribution in [0, 0.1) is 0 Å². The molecular weight excluding hydrogens is 144 g/mol. The third-order valence-electron chi connectivity index (χ3n) is 1.28. The Morgan fingerprint density at radius 2 is 2.36 bits per heavy atom. The van der Waals surface area contributed by atoms with Crippen LogP contribution in [0.25, 0.3) is 5.82 Å². The molecule has 0 amide bonds. The summed E-state index contributed by atoms with van der Waals surface area (Å²) in [7, 11) is 1.84. The Labute approximate surface area is 62.4 Å². The molecule has 0 spiro atoms. The lowest BCUT2D eigenvalue weighted by molar-refractivity contribution is 0.713. The molecule has 11 heavy (non-hydrogen) atoms. The number of aromatic nitrogens is 6. The van der Waals surface area contributed by atoms with Gasteiger partial charge in [0.15, 0.2) is 5.82 Å². The molecule has 0 fully saturated rings. The number of tetrazole rings is 1. The second kappa shape index (κ2) is 2.15. The van der Waals surface area contributed by atoms with Crippen LogP contribution in [0.4, 0.5) is 0 Å². The Bertz CT molecular complexity index is 333. The molecule has 0 aliphatic carbocycles. The summed E-state index contributed by atoms with van der Waals surface area (Å²) in [5.74, 6) is 0.720. The topological polar surface area (TPSA) is 61.4 Å². The highest BCUT2D eigenvalue weighted by molar-refractivity contribution is 5.15. The largest absolute Gasteiger partial charge is 0.274 e. The zero-order chi connectivity index (χ0) is 7.68. The summed E-state index contributed by atoms with van der Waals surface area (Å²) in [6.07, 6.45) is 3.33. The molecule has 0 aliphatic heterocycles. The maximum Gasteiger partial charge on any atom is 0.178 e. The Morgan fingerprint density at radius 3 is 2.91 bits per heavy atom. The van der Waals surface area contributed by atoms with Gasteiger partial charge in [-0.25, -0.2) is 0 Å². The molecule has 6 heteroatoms. The molecule has 2 rings (SSSR count). The van der Waals surface area contributed by atoms with Crippen LogP contribution in [-0.4, -0.2) is 30.0 Å². The fourth-order valence-corrected chi connectivity index (χ4v) is 0.791. The van der Waals surface area contributed by atoms with Crippen molar-refractivity contribution < 1.29 is 0 Å². The van der Waals surface area contributed by atoms with Crippen molar-refractivity contribution in [2.24, 2.45) is 7.05 Å². The quantitative estimate of drug-likeness (QED) is 0.544. The summed E-state index contributed by atoms with van der Waals surface area (Å²) in [5.41, 5.74) is 0. The molecule has 0 unspecified atom stereocenters. The second-order valence-electron chi connectivity index (χ2n) is 2.10. The first-order valence-corrected chi connectivity index (χ1v) is 3.09. The zero-order valence-electron chi connectivity index (χ0n) is 5.92. The van der Waals surface area contributed by atoms with E-state index in [-0.39, 0.29) is 0 Å². The van der Waals surface area contributed by atoms with E-state index in [9.17, 15) is 0 Å². The van der Waals surface area contributed by atoms with Crippen LogP contribution in [0.5, 0.6) is 0 Å². The van der Waals surface area contributed by atoms with E-state index in [0.717, 1.165) is 5.82 Å². The Balaban J connectivity index is 2.45. The monoisotopic (exact) mass is 150 g/mol. The maximum absolute atomic E-state index is 4.09. The number of hydrogen-bond acceptors (Lipinski definition) is 4. The third kappa shape index (κ3) is 0.977. The molecule has 0 atom stereocenters. The average Bonchev–Trinajstić information content (AvgIpc) is 2.55. The van der Waals surface area contributed by atoms with E-state index in [4.69, 9.17) is 0 Å². The highest BCUT2D eigenvalue weighted by atomic mass is 15.5. The summed E-state index contributed by atoms with van der Waals surface area (Å²) < 4.78 is 3.19. The van der Waals surface area contributed by atoms with E-state index in [1.165, 1.54) is 11.0 Å². The van der Waals surface area contributed by atoms with Crippen LogP contribution >= 0.6 is 0 Å². The first kappa shape index (κ1) is 6.02. The van der Waals surface area contributed by atoms with Gasteiger partial charge < -0.3 is 0 Å². The van der Waals surface area contributed by atoms with Crippen molar-refractivity contribution in [3.05, 3.63) is 18.6 Å². The molecule has 2 aromatic rings. The van der Waals surface area contributed by atoms with E-state index in [0.29, 0.717) is 0 Å². The van der Waals surface area contributed by atoms with Crippen LogP contribution in [0.2, 0.25) is 0 Å². The summed E-state index contributed by atoms with van der Waals surface area (Å²) in [5, 5.41) is 14.8. The molecule has 2 heterocycles. The SMILES string of the molecule is Cn1ccc(-n2cnnn2)n1. The smallest absolute Gasteiger partial charge is 0.178 e. The lowest BCUT2D eigenvalue weighted by Crippen LogP contribution is -1.97. The molecule has 2 aromatic heterocycles. The second-order valence-corrected chi connectivity index (χ2v) is 2.10.